The molecule has 1 N–H and O–H groups in total. The van der Waals surface area contributed by atoms with E-state index in [0.717, 1.165) is 32.3 Å². The van der Waals surface area contributed by atoms with E-state index in [4.69, 9.17) is 4.74 Å². The zero-order valence-corrected chi connectivity index (χ0v) is 11.7. The highest BCUT2D eigenvalue weighted by Gasteiger charge is 2.33. The van der Waals surface area contributed by atoms with Gasteiger partial charge in [0.05, 0.1) is 6.10 Å². The molecule has 3 heteroatoms. The standard InChI is InChI=1S/C15H25NO2/c1-15(2,3)13-10-12(8-9-18-13)16-14(17)11-6-4-5-7-11/h4-5,11-13H,6-10H2,1-3H3,(H,16,17). The van der Waals surface area contributed by atoms with E-state index in [1.807, 2.05) is 0 Å². The quantitative estimate of drug-likeness (QED) is 0.766. The van der Waals surface area contributed by atoms with Gasteiger partial charge in [-0.2, -0.15) is 0 Å². The van der Waals surface area contributed by atoms with Gasteiger partial charge in [0, 0.05) is 18.6 Å². The van der Waals surface area contributed by atoms with Gasteiger partial charge in [-0.05, 0) is 31.1 Å². The maximum atomic E-state index is 12.1. The van der Waals surface area contributed by atoms with E-state index in [-0.39, 0.29) is 29.4 Å². The molecule has 0 spiro atoms. The number of ether oxygens (including phenoxy) is 1. The second-order valence-electron chi connectivity index (χ2n) is 6.60. The lowest BCUT2D eigenvalue weighted by atomic mass is 9.83. The predicted molar refractivity (Wildman–Crippen MR) is 72.2 cm³/mol. The summed E-state index contributed by atoms with van der Waals surface area (Å²) >= 11 is 0. The van der Waals surface area contributed by atoms with E-state index in [1.165, 1.54) is 0 Å². The first kappa shape index (κ1) is 13.6. The summed E-state index contributed by atoms with van der Waals surface area (Å²) in [6.45, 7) is 7.35. The average Bonchev–Trinajstić information content (AvgIpc) is 2.81. The molecule has 0 bridgehead atoms. The van der Waals surface area contributed by atoms with Crippen LogP contribution < -0.4 is 5.32 Å². The fourth-order valence-corrected chi connectivity index (χ4v) is 2.68. The van der Waals surface area contributed by atoms with Gasteiger partial charge in [-0.25, -0.2) is 0 Å². The first-order valence-corrected chi connectivity index (χ1v) is 7.04. The van der Waals surface area contributed by atoms with Crippen molar-refractivity contribution in [3.05, 3.63) is 12.2 Å². The maximum Gasteiger partial charge on any atom is 0.223 e. The highest BCUT2D eigenvalue weighted by atomic mass is 16.5. The highest BCUT2D eigenvalue weighted by Crippen LogP contribution is 2.30. The molecule has 0 radical (unpaired) electrons. The summed E-state index contributed by atoms with van der Waals surface area (Å²) in [4.78, 5) is 12.1. The van der Waals surface area contributed by atoms with Crippen LogP contribution in [-0.4, -0.2) is 24.7 Å². The summed E-state index contributed by atoms with van der Waals surface area (Å²) in [6.07, 6.45) is 8.14. The van der Waals surface area contributed by atoms with Crippen molar-refractivity contribution in [1.82, 2.24) is 5.32 Å². The second-order valence-corrected chi connectivity index (χ2v) is 6.60. The Bertz CT molecular complexity index is 322. The second kappa shape index (κ2) is 5.43. The molecule has 102 valence electrons. The molecule has 3 nitrogen and oxygen atoms in total. The van der Waals surface area contributed by atoms with Crippen molar-refractivity contribution < 1.29 is 9.53 Å². The van der Waals surface area contributed by atoms with E-state index in [0.29, 0.717) is 0 Å². The number of carbonyl (C=O) groups is 1. The Morgan fingerprint density at radius 3 is 2.56 bits per heavy atom. The lowest BCUT2D eigenvalue weighted by molar-refractivity contribution is -0.127. The molecular weight excluding hydrogens is 226 g/mol. The number of nitrogens with one attached hydrogen (secondary N) is 1. The third kappa shape index (κ3) is 3.35. The molecule has 0 aromatic heterocycles. The SMILES string of the molecule is CC(C)(C)C1CC(NC(=O)C2CC=CC2)CCO1. The molecule has 1 amide bonds. The van der Waals surface area contributed by atoms with Crippen LogP contribution in [-0.2, 0) is 9.53 Å². The maximum absolute atomic E-state index is 12.1. The fraction of sp³-hybridized carbons (Fsp3) is 0.800. The Kier molecular flexibility index (Phi) is 4.10. The summed E-state index contributed by atoms with van der Waals surface area (Å²) in [5, 5.41) is 3.20. The zero-order valence-electron chi connectivity index (χ0n) is 11.7. The van der Waals surface area contributed by atoms with Gasteiger partial charge in [-0.15, -0.1) is 0 Å². The Morgan fingerprint density at radius 2 is 1.94 bits per heavy atom. The summed E-state index contributed by atoms with van der Waals surface area (Å²) in [6, 6.07) is 0.288. The summed E-state index contributed by atoms with van der Waals surface area (Å²) in [5.74, 6) is 0.389. The summed E-state index contributed by atoms with van der Waals surface area (Å²) < 4.78 is 5.82. The van der Waals surface area contributed by atoms with Gasteiger partial charge in [0.2, 0.25) is 5.91 Å². The van der Waals surface area contributed by atoms with Crippen LogP contribution in [0, 0.1) is 11.3 Å². The third-order valence-electron chi connectivity index (χ3n) is 3.97. The van der Waals surface area contributed by atoms with Gasteiger partial charge in [0.1, 0.15) is 0 Å². The lowest BCUT2D eigenvalue weighted by Gasteiger charge is -2.38. The van der Waals surface area contributed by atoms with Crippen molar-refractivity contribution in [3.8, 4) is 0 Å². The van der Waals surface area contributed by atoms with Crippen molar-refractivity contribution in [3.63, 3.8) is 0 Å². The highest BCUT2D eigenvalue weighted by molar-refractivity contribution is 5.79. The van der Waals surface area contributed by atoms with E-state index in [9.17, 15) is 4.79 Å². The number of hydrogen-bond acceptors (Lipinski definition) is 2. The smallest absolute Gasteiger partial charge is 0.223 e. The minimum Gasteiger partial charge on any atom is -0.378 e. The van der Waals surface area contributed by atoms with Crippen molar-refractivity contribution in [2.75, 3.05) is 6.61 Å². The van der Waals surface area contributed by atoms with E-state index >= 15 is 0 Å². The van der Waals surface area contributed by atoms with Gasteiger partial charge >= 0.3 is 0 Å². The van der Waals surface area contributed by atoms with Crippen LogP contribution in [0.4, 0.5) is 0 Å². The van der Waals surface area contributed by atoms with Gasteiger partial charge < -0.3 is 10.1 Å². The minimum absolute atomic E-state index is 0.151. The fourth-order valence-electron chi connectivity index (χ4n) is 2.68. The van der Waals surface area contributed by atoms with E-state index in [2.05, 4.69) is 38.2 Å². The lowest BCUT2D eigenvalue weighted by Crippen LogP contribution is -2.47. The van der Waals surface area contributed by atoms with Crippen LogP contribution in [0.25, 0.3) is 0 Å². The van der Waals surface area contributed by atoms with Crippen LogP contribution in [0.2, 0.25) is 0 Å². The van der Waals surface area contributed by atoms with Crippen molar-refractivity contribution in [2.24, 2.45) is 11.3 Å². The molecule has 18 heavy (non-hydrogen) atoms. The van der Waals surface area contributed by atoms with Gasteiger partial charge in [0.25, 0.3) is 0 Å². The van der Waals surface area contributed by atoms with Crippen molar-refractivity contribution >= 4 is 5.91 Å². The topological polar surface area (TPSA) is 38.3 Å². The molecule has 2 aliphatic rings. The van der Waals surface area contributed by atoms with Crippen LogP contribution in [0.1, 0.15) is 46.5 Å². The first-order valence-electron chi connectivity index (χ1n) is 7.04. The Balaban J connectivity index is 1.84. The van der Waals surface area contributed by atoms with E-state index < -0.39 is 0 Å². The predicted octanol–water partition coefficient (Wildman–Crippen LogP) is 2.66. The monoisotopic (exact) mass is 251 g/mol. The molecule has 0 saturated carbocycles. The molecule has 1 saturated heterocycles. The number of carbonyl (C=O) groups excluding carboxylic acids is 1. The largest absolute Gasteiger partial charge is 0.378 e. The van der Waals surface area contributed by atoms with Crippen LogP contribution >= 0.6 is 0 Å². The third-order valence-corrected chi connectivity index (χ3v) is 3.97. The molecule has 0 aromatic rings. The molecule has 1 fully saturated rings. The molecular formula is C15H25NO2. The zero-order chi connectivity index (χ0) is 13.2. The van der Waals surface area contributed by atoms with Gasteiger partial charge in [-0.1, -0.05) is 32.9 Å². The number of rotatable bonds is 2. The molecule has 2 rings (SSSR count). The Labute approximate surface area is 110 Å². The summed E-state index contributed by atoms with van der Waals surface area (Å²) in [5.41, 5.74) is 0.151. The summed E-state index contributed by atoms with van der Waals surface area (Å²) in [7, 11) is 0. The Hall–Kier alpha value is -0.830. The number of amides is 1. The van der Waals surface area contributed by atoms with Gasteiger partial charge in [0.15, 0.2) is 0 Å². The molecule has 0 aromatic carbocycles. The molecule has 1 aliphatic heterocycles. The first-order chi connectivity index (χ1) is 8.47. The average molecular weight is 251 g/mol. The van der Waals surface area contributed by atoms with Gasteiger partial charge in [-0.3, -0.25) is 4.79 Å². The minimum atomic E-state index is 0.151. The molecule has 1 heterocycles. The Morgan fingerprint density at radius 1 is 1.28 bits per heavy atom. The van der Waals surface area contributed by atoms with Crippen LogP contribution in [0.3, 0.4) is 0 Å². The normalized spacial score (nSPS) is 29.5. The van der Waals surface area contributed by atoms with Crippen molar-refractivity contribution in [2.45, 2.75) is 58.6 Å². The molecule has 1 aliphatic carbocycles. The molecule has 2 unspecified atom stereocenters. The van der Waals surface area contributed by atoms with E-state index in [1.54, 1.807) is 0 Å². The number of allylic oxidation sites excluding steroid dienone is 2. The van der Waals surface area contributed by atoms with Crippen LogP contribution in [0.5, 0.6) is 0 Å². The van der Waals surface area contributed by atoms with Crippen LogP contribution in [0.15, 0.2) is 12.2 Å². The number of hydrogen-bond donors (Lipinski definition) is 1. The van der Waals surface area contributed by atoms with Crippen molar-refractivity contribution in [1.29, 1.82) is 0 Å². The molecule has 2 atom stereocenters.